The Labute approximate surface area is 216 Å². The number of amides is 4. The monoisotopic (exact) mass is 522 g/mol. The largest absolute Gasteiger partial charge is 0.365 e. The summed E-state index contributed by atoms with van der Waals surface area (Å²) in [5, 5.41) is 6.47. The molecule has 36 heavy (non-hydrogen) atoms. The summed E-state index contributed by atoms with van der Waals surface area (Å²) in [6.45, 7) is 0. The van der Waals surface area contributed by atoms with Crippen LogP contribution in [0, 0.1) is 0 Å². The fourth-order valence-electron chi connectivity index (χ4n) is 5.05. The van der Waals surface area contributed by atoms with Gasteiger partial charge in [-0.25, -0.2) is 0 Å². The lowest BCUT2D eigenvalue weighted by Crippen LogP contribution is -2.22. The molecule has 2 aliphatic rings. The lowest BCUT2D eigenvalue weighted by Gasteiger charge is -2.12. The van der Waals surface area contributed by atoms with E-state index < -0.39 is 23.6 Å². The van der Waals surface area contributed by atoms with E-state index in [1.54, 1.807) is 24.3 Å². The highest BCUT2D eigenvalue weighted by Crippen LogP contribution is 2.39. The molecule has 0 unspecified atom stereocenters. The molecule has 8 nitrogen and oxygen atoms in total. The van der Waals surface area contributed by atoms with Crippen LogP contribution in [0.15, 0.2) is 24.3 Å². The average molecular weight is 523 g/mol. The first-order chi connectivity index (χ1) is 17.3. The summed E-state index contributed by atoms with van der Waals surface area (Å²) in [5.41, 5.74) is 14.2. The van der Waals surface area contributed by atoms with Gasteiger partial charge in [0.15, 0.2) is 0 Å². The van der Waals surface area contributed by atoms with E-state index in [4.69, 9.17) is 11.5 Å². The first kappa shape index (κ1) is 24.2. The Hall–Kier alpha value is -3.50. The normalized spacial score (nSPS) is 14.4. The van der Waals surface area contributed by atoms with Gasteiger partial charge in [-0.3, -0.25) is 19.2 Å². The summed E-state index contributed by atoms with van der Waals surface area (Å²) >= 11 is 2.74. The molecule has 0 atom stereocenters. The topological polar surface area (TPSA) is 144 Å². The first-order valence-corrected chi connectivity index (χ1v) is 13.6. The van der Waals surface area contributed by atoms with E-state index in [0.29, 0.717) is 21.1 Å². The Balaban J connectivity index is 1.43. The fourth-order valence-corrected chi connectivity index (χ4v) is 7.63. The number of benzene rings is 1. The van der Waals surface area contributed by atoms with Crippen molar-refractivity contribution >= 4 is 56.3 Å². The minimum atomic E-state index is -0.573. The van der Waals surface area contributed by atoms with Crippen LogP contribution in [0.5, 0.6) is 0 Å². The molecule has 2 aromatic heterocycles. The Morgan fingerprint density at radius 3 is 1.42 bits per heavy atom. The maximum Gasteiger partial charge on any atom is 0.257 e. The SMILES string of the molecule is NC(=O)c1c(NC(=O)c2ccccc2C(=O)Nc2sc3c(c2C(N)=O)CCCC3)sc2c1CCCC2. The van der Waals surface area contributed by atoms with Gasteiger partial charge in [0, 0.05) is 9.75 Å². The summed E-state index contributed by atoms with van der Waals surface area (Å²) in [6.07, 6.45) is 7.21. The second-order valence-electron chi connectivity index (χ2n) is 9.01. The van der Waals surface area contributed by atoms with Crippen LogP contribution in [0.3, 0.4) is 0 Å². The summed E-state index contributed by atoms with van der Waals surface area (Å²) < 4.78 is 0. The molecule has 10 heteroatoms. The zero-order valence-corrected chi connectivity index (χ0v) is 21.2. The van der Waals surface area contributed by atoms with Gasteiger partial charge in [0.25, 0.3) is 23.6 Å². The number of carbonyl (C=O) groups is 4. The fraction of sp³-hybridized carbons (Fsp3) is 0.308. The van der Waals surface area contributed by atoms with Crippen molar-refractivity contribution < 1.29 is 19.2 Å². The van der Waals surface area contributed by atoms with Crippen molar-refractivity contribution in [3.05, 3.63) is 67.4 Å². The number of nitrogens with one attached hydrogen (secondary N) is 2. The zero-order chi connectivity index (χ0) is 25.4. The minimum Gasteiger partial charge on any atom is -0.365 e. The first-order valence-electron chi connectivity index (χ1n) is 12.0. The third-order valence-corrected chi connectivity index (χ3v) is 9.12. The van der Waals surface area contributed by atoms with Crippen LogP contribution in [0.1, 0.15) is 88.0 Å². The van der Waals surface area contributed by atoms with E-state index >= 15 is 0 Å². The number of anilines is 2. The van der Waals surface area contributed by atoms with Crippen LogP contribution in [-0.2, 0) is 25.7 Å². The molecule has 5 rings (SSSR count). The van der Waals surface area contributed by atoms with Crippen molar-refractivity contribution in [2.75, 3.05) is 10.6 Å². The Bertz CT molecular complexity index is 1300. The van der Waals surface area contributed by atoms with E-state index in [9.17, 15) is 19.2 Å². The molecule has 0 spiro atoms. The van der Waals surface area contributed by atoms with Crippen LogP contribution in [0.25, 0.3) is 0 Å². The Morgan fingerprint density at radius 1 is 0.639 bits per heavy atom. The third-order valence-electron chi connectivity index (χ3n) is 6.71. The Kier molecular flexibility index (Phi) is 6.63. The molecule has 2 aliphatic carbocycles. The molecule has 0 saturated heterocycles. The molecule has 6 N–H and O–H groups in total. The van der Waals surface area contributed by atoms with E-state index in [0.717, 1.165) is 72.2 Å². The van der Waals surface area contributed by atoms with Crippen LogP contribution in [0.2, 0.25) is 0 Å². The van der Waals surface area contributed by atoms with Crippen molar-refractivity contribution in [2.45, 2.75) is 51.4 Å². The van der Waals surface area contributed by atoms with E-state index in [1.165, 1.54) is 22.7 Å². The quantitative estimate of drug-likeness (QED) is 0.383. The lowest BCUT2D eigenvalue weighted by molar-refractivity contribution is 0.0984. The van der Waals surface area contributed by atoms with Crippen LogP contribution >= 0.6 is 22.7 Å². The molecule has 1 aromatic carbocycles. The molecule has 0 saturated carbocycles. The van der Waals surface area contributed by atoms with Gasteiger partial charge >= 0.3 is 0 Å². The summed E-state index contributed by atoms with van der Waals surface area (Å²) in [7, 11) is 0. The van der Waals surface area contributed by atoms with Gasteiger partial charge in [0.05, 0.1) is 22.3 Å². The minimum absolute atomic E-state index is 0.152. The van der Waals surface area contributed by atoms with Crippen molar-refractivity contribution in [1.82, 2.24) is 0 Å². The van der Waals surface area contributed by atoms with Gasteiger partial charge in [0.2, 0.25) is 0 Å². The van der Waals surface area contributed by atoms with Gasteiger partial charge in [-0.05, 0) is 74.6 Å². The van der Waals surface area contributed by atoms with Gasteiger partial charge in [-0.2, -0.15) is 0 Å². The average Bonchev–Trinajstić information content (AvgIpc) is 3.41. The number of rotatable bonds is 6. The maximum absolute atomic E-state index is 13.3. The lowest BCUT2D eigenvalue weighted by atomic mass is 9.95. The van der Waals surface area contributed by atoms with Crippen LogP contribution in [-0.4, -0.2) is 23.6 Å². The predicted molar refractivity (Wildman–Crippen MR) is 141 cm³/mol. The van der Waals surface area contributed by atoms with Crippen molar-refractivity contribution in [2.24, 2.45) is 11.5 Å². The number of nitrogens with two attached hydrogens (primary N) is 2. The molecule has 0 radical (unpaired) electrons. The number of carbonyl (C=O) groups excluding carboxylic acids is 4. The number of thiophene rings is 2. The van der Waals surface area contributed by atoms with Gasteiger partial charge in [0.1, 0.15) is 10.0 Å². The summed E-state index contributed by atoms with van der Waals surface area (Å²) in [5.74, 6) is -2.17. The van der Waals surface area contributed by atoms with E-state index in [1.807, 2.05) is 0 Å². The second kappa shape index (κ2) is 9.87. The molecule has 0 fully saturated rings. The number of aryl methyl sites for hydroxylation is 2. The highest BCUT2D eigenvalue weighted by atomic mass is 32.1. The smallest absolute Gasteiger partial charge is 0.257 e. The second-order valence-corrected chi connectivity index (χ2v) is 11.2. The highest BCUT2D eigenvalue weighted by Gasteiger charge is 2.28. The summed E-state index contributed by atoms with van der Waals surface area (Å²) in [4.78, 5) is 53.1. The van der Waals surface area contributed by atoms with Gasteiger partial charge in [-0.1, -0.05) is 12.1 Å². The maximum atomic E-state index is 13.3. The number of hydrogen-bond acceptors (Lipinski definition) is 6. The third kappa shape index (κ3) is 4.42. The molecule has 186 valence electrons. The Morgan fingerprint density at radius 2 is 1.03 bits per heavy atom. The zero-order valence-electron chi connectivity index (χ0n) is 19.6. The van der Waals surface area contributed by atoms with Crippen LogP contribution in [0.4, 0.5) is 10.0 Å². The predicted octanol–water partition coefficient (Wildman–Crippen LogP) is 4.27. The molecule has 0 bridgehead atoms. The molecular weight excluding hydrogens is 496 g/mol. The molecule has 3 aromatic rings. The molecule has 0 aliphatic heterocycles. The standard InChI is InChI=1S/C26H26N4O4S2/c27-21(31)19-15-9-3-5-11-17(15)35-25(19)29-23(33)13-7-1-2-8-14(13)24(34)30-26-20(22(28)32)16-10-4-6-12-18(16)36-26/h1-2,7-8H,3-6,9-12H2,(H2,27,31)(H2,28,32)(H,29,33)(H,30,34). The molecule has 2 heterocycles. The highest BCUT2D eigenvalue weighted by molar-refractivity contribution is 7.17. The van der Waals surface area contributed by atoms with E-state index in [-0.39, 0.29) is 11.1 Å². The van der Waals surface area contributed by atoms with Gasteiger partial charge in [-0.15, -0.1) is 22.7 Å². The van der Waals surface area contributed by atoms with E-state index in [2.05, 4.69) is 10.6 Å². The van der Waals surface area contributed by atoms with Crippen LogP contribution < -0.4 is 22.1 Å². The van der Waals surface area contributed by atoms with Crippen molar-refractivity contribution in [1.29, 1.82) is 0 Å². The molecule has 4 amide bonds. The van der Waals surface area contributed by atoms with Gasteiger partial charge < -0.3 is 22.1 Å². The van der Waals surface area contributed by atoms with Crippen molar-refractivity contribution in [3.8, 4) is 0 Å². The van der Waals surface area contributed by atoms with Crippen molar-refractivity contribution in [3.63, 3.8) is 0 Å². The number of fused-ring (bicyclic) bond motifs is 2. The number of primary amides is 2. The summed E-state index contributed by atoms with van der Waals surface area (Å²) in [6, 6.07) is 6.43. The number of hydrogen-bond donors (Lipinski definition) is 4. The molecular formula is C26H26N4O4S2.